The lowest BCUT2D eigenvalue weighted by Gasteiger charge is -2.37. The van der Waals surface area contributed by atoms with Crippen molar-refractivity contribution in [3.63, 3.8) is 0 Å². The highest BCUT2D eigenvalue weighted by Crippen LogP contribution is 2.58. The summed E-state index contributed by atoms with van der Waals surface area (Å²) in [7, 11) is -8.87. The molecule has 0 aromatic rings. The first-order valence-electron chi connectivity index (χ1n) is 8.90. The van der Waals surface area contributed by atoms with Crippen LogP contribution in [-0.4, -0.2) is 75.6 Å². The summed E-state index contributed by atoms with van der Waals surface area (Å²) in [4.78, 5) is 0. The zero-order chi connectivity index (χ0) is 30.2. The summed E-state index contributed by atoms with van der Waals surface area (Å²) in [6.45, 7) is -1.40. The molecule has 0 rings (SSSR count). The molecular weight excluding hydrogens is 603 g/mol. The molecule has 0 saturated heterocycles. The van der Waals surface area contributed by atoms with Crippen molar-refractivity contribution in [2.24, 2.45) is 0 Å². The van der Waals surface area contributed by atoms with Crippen LogP contribution >= 0.6 is 0 Å². The smallest absolute Gasteiger partial charge is 0.379 e. The van der Waals surface area contributed by atoms with Gasteiger partial charge in [-0.1, -0.05) is 13.3 Å². The lowest BCUT2D eigenvalue weighted by molar-refractivity contribution is -0.451. The number of unbranched alkanes of at least 4 members (excludes halogenated alkanes) is 1. The van der Waals surface area contributed by atoms with E-state index in [1.165, 1.54) is 4.18 Å². The molecule has 0 amide bonds. The van der Waals surface area contributed by atoms with Crippen LogP contribution in [0.25, 0.3) is 0 Å². The molecule has 0 unspecified atom stereocenters. The standard InChI is InChI=1S/C14H13F17O5S/c1-2-3-4-34-5-6-35-12(26,27)8(17,18)9(19,20)13(28,29)36-37(32,33)14(30,31)10(21,22)7(15,16)11(23,24)25/h2-6H2,1H3. The van der Waals surface area contributed by atoms with Crippen LogP contribution in [0.1, 0.15) is 19.8 Å². The maximum Gasteiger partial charge on any atom is 0.460 e. The van der Waals surface area contributed by atoms with Gasteiger partial charge in [0.15, 0.2) is 0 Å². The molecule has 0 heterocycles. The fourth-order valence-corrected chi connectivity index (χ4v) is 2.72. The second-order valence-electron chi connectivity index (χ2n) is 6.70. The van der Waals surface area contributed by atoms with Crippen LogP contribution in [0.4, 0.5) is 74.6 Å². The maximum absolute atomic E-state index is 13.5. The third-order valence-corrected chi connectivity index (χ3v) is 5.24. The maximum atomic E-state index is 13.5. The molecule has 0 atom stereocenters. The van der Waals surface area contributed by atoms with Gasteiger partial charge in [0.2, 0.25) is 0 Å². The second-order valence-corrected chi connectivity index (χ2v) is 8.29. The summed E-state index contributed by atoms with van der Waals surface area (Å²) >= 11 is 0. The Morgan fingerprint density at radius 3 is 1.41 bits per heavy atom. The molecular formula is C14H13F17O5S. The van der Waals surface area contributed by atoms with E-state index in [1.807, 2.05) is 0 Å². The van der Waals surface area contributed by atoms with Crippen LogP contribution in [0.5, 0.6) is 0 Å². The Balaban J connectivity index is 6.14. The van der Waals surface area contributed by atoms with Crippen molar-refractivity contribution < 1.29 is 96.7 Å². The summed E-state index contributed by atoms with van der Waals surface area (Å²) in [6.07, 6.45) is -21.6. The highest BCUT2D eigenvalue weighted by Gasteiger charge is 2.88. The van der Waals surface area contributed by atoms with Crippen molar-refractivity contribution in [1.82, 2.24) is 0 Å². The topological polar surface area (TPSA) is 61.8 Å². The second kappa shape index (κ2) is 10.7. The molecule has 0 aromatic heterocycles. The molecule has 0 aliphatic heterocycles. The fraction of sp³-hybridized carbons (Fsp3) is 1.00. The molecule has 224 valence electrons. The van der Waals surface area contributed by atoms with Crippen molar-refractivity contribution in [3.05, 3.63) is 0 Å². The predicted molar refractivity (Wildman–Crippen MR) is 82.4 cm³/mol. The van der Waals surface area contributed by atoms with Gasteiger partial charge in [0.1, 0.15) is 0 Å². The van der Waals surface area contributed by atoms with E-state index in [1.54, 1.807) is 6.92 Å². The van der Waals surface area contributed by atoms with E-state index in [-0.39, 0.29) is 13.0 Å². The molecule has 0 N–H and O–H groups in total. The number of halogens is 17. The molecule has 0 aromatic carbocycles. The summed E-state index contributed by atoms with van der Waals surface area (Å²) in [6, 6.07) is 0. The highest BCUT2D eigenvalue weighted by molar-refractivity contribution is 7.87. The third-order valence-electron chi connectivity index (χ3n) is 3.92. The number of rotatable bonds is 15. The number of ether oxygens (including phenoxy) is 2. The lowest BCUT2D eigenvalue weighted by Crippen LogP contribution is -2.67. The molecule has 0 fully saturated rings. The van der Waals surface area contributed by atoms with E-state index in [0.717, 1.165) is 0 Å². The average molecular weight is 616 g/mol. The number of hydrogen-bond acceptors (Lipinski definition) is 5. The van der Waals surface area contributed by atoms with Crippen LogP contribution in [0.15, 0.2) is 0 Å². The molecule has 0 saturated carbocycles. The van der Waals surface area contributed by atoms with Gasteiger partial charge >= 0.3 is 57.5 Å². The molecule has 0 bridgehead atoms. The minimum atomic E-state index is -8.87. The summed E-state index contributed by atoms with van der Waals surface area (Å²) in [5, 5.41) is -8.19. The first kappa shape index (κ1) is 35.6. The van der Waals surface area contributed by atoms with Crippen LogP contribution in [-0.2, 0) is 23.8 Å². The van der Waals surface area contributed by atoms with E-state index < -0.39 is 70.7 Å². The Kier molecular flexibility index (Phi) is 10.3. The first-order chi connectivity index (χ1) is 16.0. The Bertz CT molecular complexity index is 868. The number of alkyl halides is 17. The normalized spacial score (nSPS) is 15.8. The van der Waals surface area contributed by atoms with Gasteiger partial charge < -0.3 is 9.47 Å². The molecule has 0 aliphatic carbocycles. The van der Waals surface area contributed by atoms with Crippen molar-refractivity contribution in [1.29, 1.82) is 0 Å². The first-order valence-corrected chi connectivity index (χ1v) is 10.3. The minimum absolute atomic E-state index is 0.214. The van der Waals surface area contributed by atoms with Gasteiger partial charge in [-0.15, -0.1) is 0 Å². The number of hydrogen-bond donors (Lipinski definition) is 0. The van der Waals surface area contributed by atoms with Crippen molar-refractivity contribution in [3.8, 4) is 0 Å². The van der Waals surface area contributed by atoms with Crippen molar-refractivity contribution in [2.45, 2.75) is 67.1 Å². The largest absolute Gasteiger partial charge is 0.460 e. The van der Waals surface area contributed by atoms with Crippen LogP contribution in [0.3, 0.4) is 0 Å². The molecule has 0 radical (unpaired) electrons. The summed E-state index contributed by atoms with van der Waals surface area (Å²) in [5.41, 5.74) is 0. The van der Waals surface area contributed by atoms with Crippen LogP contribution in [0, 0.1) is 0 Å². The summed E-state index contributed by atoms with van der Waals surface area (Å²) < 4.78 is 253. The van der Waals surface area contributed by atoms with Gasteiger partial charge in [-0.2, -0.15) is 87.2 Å². The Morgan fingerprint density at radius 1 is 0.568 bits per heavy atom. The molecule has 23 heteroatoms. The van der Waals surface area contributed by atoms with Gasteiger partial charge in [0.25, 0.3) is 0 Å². The van der Waals surface area contributed by atoms with E-state index in [4.69, 9.17) is 0 Å². The highest BCUT2D eigenvalue weighted by atomic mass is 32.2. The summed E-state index contributed by atoms with van der Waals surface area (Å²) in [5.74, 6) is -32.0. The van der Waals surface area contributed by atoms with Gasteiger partial charge in [0, 0.05) is 6.61 Å². The van der Waals surface area contributed by atoms with Crippen LogP contribution < -0.4 is 0 Å². The lowest BCUT2D eigenvalue weighted by atomic mass is 10.1. The van der Waals surface area contributed by atoms with Gasteiger partial charge in [-0.25, -0.2) is 0 Å². The van der Waals surface area contributed by atoms with Gasteiger partial charge in [-0.05, 0) is 6.42 Å². The van der Waals surface area contributed by atoms with E-state index in [9.17, 15) is 83.1 Å². The fourth-order valence-electron chi connectivity index (χ4n) is 1.79. The van der Waals surface area contributed by atoms with Crippen LogP contribution in [0.2, 0.25) is 0 Å². The average Bonchev–Trinajstić information content (AvgIpc) is 2.68. The molecule has 37 heavy (non-hydrogen) atoms. The molecule has 0 aliphatic rings. The minimum Gasteiger partial charge on any atom is -0.379 e. The zero-order valence-electron chi connectivity index (χ0n) is 17.4. The van der Waals surface area contributed by atoms with E-state index in [2.05, 4.69) is 9.47 Å². The van der Waals surface area contributed by atoms with E-state index >= 15 is 0 Å². The Morgan fingerprint density at radius 2 is 1.00 bits per heavy atom. The monoisotopic (exact) mass is 616 g/mol. The van der Waals surface area contributed by atoms with Gasteiger partial charge in [0.05, 0.1) is 13.2 Å². The Hall–Kier alpha value is -1.36. The predicted octanol–water partition coefficient (Wildman–Crippen LogP) is 6.05. The van der Waals surface area contributed by atoms with Crippen molar-refractivity contribution >= 4 is 10.1 Å². The Labute approximate surface area is 194 Å². The molecule has 0 spiro atoms. The molecule has 5 nitrogen and oxygen atoms in total. The third kappa shape index (κ3) is 6.28. The van der Waals surface area contributed by atoms with Crippen molar-refractivity contribution in [2.75, 3.05) is 19.8 Å². The SMILES string of the molecule is CCCCOCCOC(F)(F)C(F)(F)C(F)(F)C(F)(F)OS(=O)(=O)C(F)(F)C(F)(F)C(F)(F)C(F)(F)F. The van der Waals surface area contributed by atoms with Gasteiger partial charge in [-0.3, -0.25) is 0 Å². The quantitative estimate of drug-likeness (QED) is 0.128. The zero-order valence-corrected chi connectivity index (χ0v) is 18.2. The van der Waals surface area contributed by atoms with E-state index in [0.29, 0.717) is 6.42 Å².